The third kappa shape index (κ3) is 1.66. The normalized spacial score (nSPS) is 17.9. The Labute approximate surface area is 50.6 Å². The van der Waals surface area contributed by atoms with E-state index in [-0.39, 0.29) is 5.25 Å². The van der Waals surface area contributed by atoms with Gasteiger partial charge in [0.25, 0.3) is 0 Å². The van der Waals surface area contributed by atoms with E-state index in [1.165, 1.54) is 5.41 Å². The molecular formula is C5H11NOS. The van der Waals surface area contributed by atoms with Crippen LogP contribution in [0, 0.1) is 4.78 Å². The lowest BCUT2D eigenvalue weighted by atomic mass is 10.6. The highest BCUT2D eigenvalue weighted by molar-refractivity contribution is 7.95. The summed E-state index contributed by atoms with van der Waals surface area (Å²) in [7, 11) is -2.47. The molecule has 1 unspecified atom stereocenters. The van der Waals surface area contributed by atoms with Crippen LogP contribution in [0.4, 0.5) is 0 Å². The molecule has 3 heteroatoms. The van der Waals surface area contributed by atoms with Gasteiger partial charge in [-0.3, -0.25) is 0 Å². The van der Waals surface area contributed by atoms with Gasteiger partial charge in [0.05, 0.1) is 9.73 Å². The Kier molecular flexibility index (Phi) is 2.22. The minimum absolute atomic E-state index is 0.111. The summed E-state index contributed by atoms with van der Waals surface area (Å²) < 4.78 is 17.8. The lowest BCUT2D eigenvalue weighted by Crippen LogP contribution is -2.07. The Morgan fingerprint density at radius 3 is 2.12 bits per heavy atom. The van der Waals surface area contributed by atoms with Gasteiger partial charge in [0, 0.05) is 10.7 Å². The number of rotatable bonds is 2. The van der Waals surface area contributed by atoms with Crippen LogP contribution in [-0.2, 0) is 9.73 Å². The smallest absolute Gasteiger partial charge is 0.0674 e. The fraction of sp³-hybridized carbons (Fsp3) is 0.600. The van der Waals surface area contributed by atoms with Crippen molar-refractivity contribution in [2.24, 2.45) is 0 Å². The third-order valence-electron chi connectivity index (χ3n) is 0.948. The Hall–Kier alpha value is -0.310. The molecule has 0 aromatic rings. The summed E-state index contributed by atoms with van der Waals surface area (Å²) in [6.45, 7) is 6.78. The zero-order chi connectivity index (χ0) is 6.78. The Bertz CT molecular complexity index is 167. The number of hydrogen-bond acceptors (Lipinski definition) is 2. The SMILES string of the molecule is C=CS(=N)(=O)C(C)C. The van der Waals surface area contributed by atoms with E-state index in [0.717, 1.165) is 0 Å². The lowest BCUT2D eigenvalue weighted by molar-refractivity contribution is 0.674. The van der Waals surface area contributed by atoms with Crippen LogP contribution in [0.1, 0.15) is 13.8 Å². The highest BCUT2D eigenvalue weighted by Gasteiger charge is 2.04. The lowest BCUT2D eigenvalue weighted by Gasteiger charge is -2.02. The number of nitrogens with one attached hydrogen (secondary N) is 1. The Balaban J connectivity index is 4.40. The maximum Gasteiger partial charge on any atom is 0.0674 e. The van der Waals surface area contributed by atoms with Crippen LogP contribution in [0.15, 0.2) is 12.0 Å². The van der Waals surface area contributed by atoms with E-state index in [4.69, 9.17) is 4.78 Å². The summed E-state index contributed by atoms with van der Waals surface area (Å²) in [5, 5.41) is 1.09. The van der Waals surface area contributed by atoms with Crippen molar-refractivity contribution in [1.29, 1.82) is 4.78 Å². The second-order valence-corrected chi connectivity index (χ2v) is 4.43. The molecule has 0 radical (unpaired) electrons. The molecule has 0 aliphatic carbocycles. The zero-order valence-corrected chi connectivity index (χ0v) is 5.99. The summed E-state index contributed by atoms with van der Waals surface area (Å²) in [5.74, 6) is 0. The molecule has 0 aliphatic heterocycles. The van der Waals surface area contributed by atoms with Gasteiger partial charge in [-0.1, -0.05) is 6.58 Å². The molecule has 0 aromatic carbocycles. The first-order valence-electron chi connectivity index (χ1n) is 2.41. The van der Waals surface area contributed by atoms with Crippen molar-refractivity contribution < 1.29 is 4.21 Å². The molecule has 8 heavy (non-hydrogen) atoms. The standard InChI is InChI=1S/C5H11NOS/c1-4-8(6,7)5(2)3/h4-6H,1H2,2-3H3. The zero-order valence-electron chi connectivity index (χ0n) is 5.18. The molecule has 1 atom stereocenters. The van der Waals surface area contributed by atoms with Crippen molar-refractivity contribution in [2.45, 2.75) is 19.1 Å². The van der Waals surface area contributed by atoms with Gasteiger partial charge in [0.2, 0.25) is 0 Å². The molecule has 48 valence electrons. The van der Waals surface area contributed by atoms with E-state index in [1.807, 2.05) is 0 Å². The van der Waals surface area contributed by atoms with Gasteiger partial charge >= 0.3 is 0 Å². The van der Waals surface area contributed by atoms with Crippen LogP contribution in [-0.4, -0.2) is 9.46 Å². The van der Waals surface area contributed by atoms with Crippen LogP contribution in [0.5, 0.6) is 0 Å². The average molecular weight is 133 g/mol. The molecule has 0 bridgehead atoms. The molecule has 0 amide bonds. The topological polar surface area (TPSA) is 40.9 Å². The average Bonchev–Trinajstić information content (AvgIpc) is 1.67. The highest BCUT2D eigenvalue weighted by atomic mass is 32.2. The molecule has 0 rings (SSSR count). The van der Waals surface area contributed by atoms with E-state index in [9.17, 15) is 4.21 Å². The molecule has 0 heterocycles. The summed E-state index contributed by atoms with van der Waals surface area (Å²) in [4.78, 5) is 0. The van der Waals surface area contributed by atoms with Crippen LogP contribution in [0.25, 0.3) is 0 Å². The summed E-state index contributed by atoms with van der Waals surface area (Å²) in [6, 6.07) is 0. The van der Waals surface area contributed by atoms with Gasteiger partial charge in [-0.25, -0.2) is 8.99 Å². The minimum Gasteiger partial charge on any atom is -0.249 e. The van der Waals surface area contributed by atoms with E-state index in [1.54, 1.807) is 13.8 Å². The van der Waals surface area contributed by atoms with Crippen LogP contribution >= 0.6 is 0 Å². The molecule has 2 nitrogen and oxygen atoms in total. The minimum atomic E-state index is -2.47. The van der Waals surface area contributed by atoms with Crippen molar-refractivity contribution in [3.63, 3.8) is 0 Å². The molecule has 0 fully saturated rings. The van der Waals surface area contributed by atoms with Crippen LogP contribution in [0.3, 0.4) is 0 Å². The Morgan fingerprint density at radius 1 is 1.75 bits per heavy atom. The monoisotopic (exact) mass is 133 g/mol. The van der Waals surface area contributed by atoms with E-state index < -0.39 is 9.73 Å². The van der Waals surface area contributed by atoms with E-state index >= 15 is 0 Å². The maximum absolute atomic E-state index is 10.8. The second-order valence-electron chi connectivity index (χ2n) is 1.86. The van der Waals surface area contributed by atoms with Crippen molar-refractivity contribution in [1.82, 2.24) is 0 Å². The predicted octanol–water partition coefficient (Wildman–Crippen LogP) is 1.59. The fourth-order valence-corrected chi connectivity index (χ4v) is 0.577. The fourth-order valence-electron chi connectivity index (χ4n) is 0.192. The van der Waals surface area contributed by atoms with Crippen molar-refractivity contribution in [3.8, 4) is 0 Å². The first kappa shape index (κ1) is 7.69. The van der Waals surface area contributed by atoms with Gasteiger partial charge in [0.1, 0.15) is 0 Å². The van der Waals surface area contributed by atoms with Crippen molar-refractivity contribution in [3.05, 3.63) is 12.0 Å². The molecular weight excluding hydrogens is 122 g/mol. The van der Waals surface area contributed by atoms with Crippen molar-refractivity contribution in [2.75, 3.05) is 0 Å². The molecule has 0 spiro atoms. The maximum atomic E-state index is 10.8. The first-order chi connectivity index (χ1) is 3.50. The number of hydrogen-bond donors (Lipinski definition) is 1. The molecule has 0 aliphatic rings. The molecule has 0 saturated heterocycles. The quantitative estimate of drug-likeness (QED) is 0.610. The summed E-state index contributed by atoms with van der Waals surface area (Å²) >= 11 is 0. The second kappa shape index (κ2) is 2.31. The highest BCUT2D eigenvalue weighted by Crippen LogP contribution is 2.00. The Morgan fingerprint density at radius 2 is 2.12 bits per heavy atom. The third-order valence-corrected chi connectivity index (χ3v) is 2.84. The van der Waals surface area contributed by atoms with E-state index in [2.05, 4.69) is 6.58 Å². The predicted molar refractivity (Wildman–Crippen MR) is 36.2 cm³/mol. The molecule has 0 saturated carbocycles. The first-order valence-corrected chi connectivity index (χ1v) is 4.09. The van der Waals surface area contributed by atoms with Gasteiger partial charge in [-0.15, -0.1) is 0 Å². The van der Waals surface area contributed by atoms with Gasteiger partial charge in [-0.2, -0.15) is 0 Å². The van der Waals surface area contributed by atoms with E-state index in [0.29, 0.717) is 0 Å². The molecule has 0 aromatic heterocycles. The summed E-state index contributed by atoms with van der Waals surface area (Å²) in [6.07, 6.45) is 0. The van der Waals surface area contributed by atoms with Gasteiger partial charge in [0.15, 0.2) is 0 Å². The van der Waals surface area contributed by atoms with Crippen LogP contribution in [0.2, 0.25) is 0 Å². The van der Waals surface area contributed by atoms with Crippen LogP contribution < -0.4 is 0 Å². The molecule has 1 N–H and O–H groups in total. The van der Waals surface area contributed by atoms with Gasteiger partial charge in [-0.05, 0) is 13.8 Å². The van der Waals surface area contributed by atoms with Gasteiger partial charge < -0.3 is 0 Å². The largest absolute Gasteiger partial charge is 0.249 e. The van der Waals surface area contributed by atoms with Crippen molar-refractivity contribution >= 4 is 9.73 Å². The summed E-state index contributed by atoms with van der Waals surface area (Å²) in [5.41, 5.74) is 0.